The van der Waals surface area contributed by atoms with Gasteiger partial charge in [0, 0.05) is 6.04 Å². The Labute approximate surface area is 68.8 Å². The fourth-order valence-electron chi connectivity index (χ4n) is 0.854. The van der Waals surface area contributed by atoms with Gasteiger partial charge in [-0.3, -0.25) is 9.59 Å². The van der Waals surface area contributed by atoms with E-state index in [4.69, 9.17) is 5.11 Å². The number of rotatable bonds is 3. The highest BCUT2D eigenvalue weighted by molar-refractivity contribution is 6.61. The van der Waals surface area contributed by atoms with Gasteiger partial charge < -0.3 is 10.4 Å². The van der Waals surface area contributed by atoms with Gasteiger partial charge in [-0.2, -0.15) is 0 Å². The van der Waals surface area contributed by atoms with Crippen molar-refractivity contribution in [1.29, 1.82) is 0 Å². The average molecular weight is 171 g/mol. The van der Waals surface area contributed by atoms with E-state index in [9.17, 15) is 14.4 Å². The van der Waals surface area contributed by atoms with Gasteiger partial charge in [0.25, 0.3) is 5.91 Å². The lowest BCUT2D eigenvalue weighted by molar-refractivity contribution is -0.153. The standard InChI is InChI=1S/C7H9NO4/c1-3-2-4(3)8-6(10)5(9)7(11)12/h3-4H,2H2,1H3,(H,8,10)(H,11,12). The van der Waals surface area contributed by atoms with Crippen molar-refractivity contribution in [2.45, 2.75) is 19.4 Å². The Kier molecular flexibility index (Phi) is 2.12. The maximum atomic E-state index is 10.7. The number of carboxylic acid groups (broad SMARTS) is 1. The summed E-state index contributed by atoms with van der Waals surface area (Å²) in [5, 5.41) is 10.5. The molecule has 0 bridgehead atoms. The molecule has 0 aromatic heterocycles. The minimum absolute atomic E-state index is 0.0131. The Balaban J connectivity index is 2.38. The monoisotopic (exact) mass is 171 g/mol. The van der Waals surface area contributed by atoms with Crippen LogP contribution in [0.3, 0.4) is 0 Å². The highest BCUT2D eigenvalue weighted by Crippen LogP contribution is 2.28. The van der Waals surface area contributed by atoms with Gasteiger partial charge >= 0.3 is 11.8 Å². The van der Waals surface area contributed by atoms with E-state index in [1.54, 1.807) is 0 Å². The Morgan fingerprint density at radius 1 is 1.42 bits per heavy atom. The molecule has 0 spiro atoms. The molecule has 0 aromatic rings. The maximum Gasteiger partial charge on any atom is 0.382 e. The quantitative estimate of drug-likeness (QED) is 0.428. The van der Waals surface area contributed by atoms with Gasteiger partial charge in [-0.1, -0.05) is 6.92 Å². The summed E-state index contributed by atoms with van der Waals surface area (Å²) in [6.45, 7) is 1.91. The van der Waals surface area contributed by atoms with E-state index in [0.29, 0.717) is 5.92 Å². The van der Waals surface area contributed by atoms with Crippen LogP contribution in [0.1, 0.15) is 13.3 Å². The smallest absolute Gasteiger partial charge is 0.382 e. The second-order valence-electron chi connectivity index (χ2n) is 2.93. The summed E-state index contributed by atoms with van der Waals surface area (Å²) in [6, 6.07) is -0.0131. The summed E-state index contributed by atoms with van der Waals surface area (Å²) < 4.78 is 0. The van der Waals surface area contributed by atoms with E-state index >= 15 is 0 Å². The molecule has 2 atom stereocenters. The van der Waals surface area contributed by atoms with Crippen LogP contribution in [0.4, 0.5) is 0 Å². The lowest BCUT2D eigenvalue weighted by Crippen LogP contribution is -2.37. The molecule has 66 valence electrons. The zero-order valence-corrected chi connectivity index (χ0v) is 6.53. The first-order chi connectivity index (χ1) is 5.52. The minimum Gasteiger partial charge on any atom is -0.475 e. The molecule has 5 nitrogen and oxygen atoms in total. The number of carbonyl (C=O) groups excluding carboxylic acids is 2. The topological polar surface area (TPSA) is 83.5 Å². The second-order valence-corrected chi connectivity index (χ2v) is 2.93. The van der Waals surface area contributed by atoms with Crippen molar-refractivity contribution in [3.63, 3.8) is 0 Å². The molecule has 0 heterocycles. The summed E-state index contributed by atoms with van der Waals surface area (Å²) in [7, 11) is 0. The van der Waals surface area contributed by atoms with E-state index in [1.165, 1.54) is 0 Å². The zero-order valence-electron chi connectivity index (χ0n) is 6.53. The third kappa shape index (κ3) is 1.81. The van der Waals surface area contributed by atoms with Gasteiger partial charge in [0.2, 0.25) is 0 Å². The summed E-state index contributed by atoms with van der Waals surface area (Å²) >= 11 is 0. The number of hydrogen-bond acceptors (Lipinski definition) is 3. The largest absolute Gasteiger partial charge is 0.475 e. The number of hydrogen-bond donors (Lipinski definition) is 2. The Bertz CT molecular complexity index is 248. The first-order valence-corrected chi connectivity index (χ1v) is 3.60. The van der Waals surface area contributed by atoms with Crippen molar-refractivity contribution in [2.75, 3.05) is 0 Å². The minimum atomic E-state index is -1.71. The van der Waals surface area contributed by atoms with Crippen LogP contribution < -0.4 is 5.32 Å². The van der Waals surface area contributed by atoms with Crippen LogP contribution in [0, 0.1) is 5.92 Å². The molecular weight excluding hydrogens is 162 g/mol. The fourth-order valence-corrected chi connectivity index (χ4v) is 0.854. The van der Waals surface area contributed by atoms with Gasteiger partial charge in [-0.05, 0) is 12.3 Å². The van der Waals surface area contributed by atoms with Crippen LogP contribution >= 0.6 is 0 Å². The Morgan fingerprint density at radius 3 is 2.25 bits per heavy atom. The fraction of sp³-hybridized carbons (Fsp3) is 0.571. The summed E-state index contributed by atoms with van der Waals surface area (Å²) in [5.41, 5.74) is 0. The number of ketones is 1. The van der Waals surface area contributed by atoms with E-state index in [2.05, 4.69) is 5.32 Å². The predicted molar refractivity (Wildman–Crippen MR) is 38.4 cm³/mol. The number of carboxylic acids is 1. The number of aliphatic carboxylic acids is 1. The zero-order chi connectivity index (χ0) is 9.30. The normalized spacial score (nSPS) is 26.1. The van der Waals surface area contributed by atoms with Gasteiger partial charge in [0.15, 0.2) is 0 Å². The first kappa shape index (κ1) is 8.70. The Hall–Kier alpha value is -1.39. The van der Waals surface area contributed by atoms with E-state index in [1.807, 2.05) is 6.92 Å². The van der Waals surface area contributed by atoms with Crippen LogP contribution in [0.2, 0.25) is 0 Å². The molecule has 1 aliphatic carbocycles. The van der Waals surface area contributed by atoms with Crippen molar-refractivity contribution in [1.82, 2.24) is 5.32 Å². The summed E-state index contributed by atoms with van der Waals surface area (Å²) in [5.74, 6) is -3.76. The number of Topliss-reactive ketones (excluding diaryl/α,β-unsaturated/α-hetero) is 1. The van der Waals surface area contributed by atoms with Crippen molar-refractivity contribution in [2.24, 2.45) is 5.92 Å². The molecule has 0 aliphatic heterocycles. The first-order valence-electron chi connectivity index (χ1n) is 3.60. The van der Waals surface area contributed by atoms with Crippen molar-refractivity contribution >= 4 is 17.7 Å². The molecule has 0 saturated heterocycles. The third-order valence-electron chi connectivity index (χ3n) is 1.83. The average Bonchev–Trinajstić information content (AvgIpc) is 2.64. The molecule has 0 aromatic carbocycles. The predicted octanol–water partition coefficient (Wildman–Crippen LogP) is -0.835. The summed E-state index contributed by atoms with van der Waals surface area (Å²) in [4.78, 5) is 31.3. The number of amides is 1. The number of carbonyl (C=O) groups is 3. The lowest BCUT2D eigenvalue weighted by Gasteiger charge is -1.98. The molecule has 12 heavy (non-hydrogen) atoms. The van der Waals surface area contributed by atoms with E-state index in [0.717, 1.165) is 6.42 Å². The van der Waals surface area contributed by atoms with Crippen LogP contribution in [0.15, 0.2) is 0 Å². The third-order valence-corrected chi connectivity index (χ3v) is 1.83. The van der Waals surface area contributed by atoms with Crippen LogP contribution in [-0.2, 0) is 14.4 Å². The van der Waals surface area contributed by atoms with Crippen LogP contribution in [-0.4, -0.2) is 28.8 Å². The molecule has 1 amide bonds. The molecule has 1 fully saturated rings. The van der Waals surface area contributed by atoms with Gasteiger partial charge in [0.05, 0.1) is 0 Å². The molecule has 2 unspecified atom stereocenters. The SMILES string of the molecule is CC1CC1NC(=O)C(=O)C(=O)O. The lowest BCUT2D eigenvalue weighted by atomic mass is 10.3. The molecule has 1 aliphatic rings. The van der Waals surface area contributed by atoms with Gasteiger partial charge in [-0.15, -0.1) is 0 Å². The second kappa shape index (κ2) is 2.92. The van der Waals surface area contributed by atoms with Crippen LogP contribution in [0.25, 0.3) is 0 Å². The van der Waals surface area contributed by atoms with Gasteiger partial charge in [0.1, 0.15) is 0 Å². The maximum absolute atomic E-state index is 10.7. The molecule has 1 saturated carbocycles. The molecule has 1 rings (SSSR count). The summed E-state index contributed by atoms with van der Waals surface area (Å²) in [6.07, 6.45) is 0.818. The van der Waals surface area contributed by atoms with Crippen molar-refractivity contribution < 1.29 is 19.5 Å². The van der Waals surface area contributed by atoms with Crippen molar-refractivity contribution in [3.8, 4) is 0 Å². The Morgan fingerprint density at radius 2 is 1.92 bits per heavy atom. The van der Waals surface area contributed by atoms with E-state index < -0.39 is 17.7 Å². The van der Waals surface area contributed by atoms with Gasteiger partial charge in [-0.25, -0.2) is 4.79 Å². The molecule has 5 heteroatoms. The van der Waals surface area contributed by atoms with Crippen molar-refractivity contribution in [3.05, 3.63) is 0 Å². The molecule has 2 N–H and O–H groups in total. The van der Waals surface area contributed by atoms with Crippen LogP contribution in [0.5, 0.6) is 0 Å². The molecule has 0 radical (unpaired) electrons. The van der Waals surface area contributed by atoms with E-state index in [-0.39, 0.29) is 6.04 Å². The molecular formula is C7H9NO4. The number of nitrogens with one attached hydrogen (secondary N) is 1. The highest BCUT2D eigenvalue weighted by atomic mass is 16.4. The highest BCUT2D eigenvalue weighted by Gasteiger charge is 2.36.